The molecule has 0 unspecified atom stereocenters. The quantitative estimate of drug-likeness (QED) is 0.569. The van der Waals surface area contributed by atoms with Crippen LogP contribution in [0.2, 0.25) is 0 Å². The summed E-state index contributed by atoms with van der Waals surface area (Å²) >= 11 is 4.63. The van der Waals surface area contributed by atoms with Crippen molar-refractivity contribution < 1.29 is 0 Å². The van der Waals surface area contributed by atoms with Crippen LogP contribution in [0.5, 0.6) is 0 Å². The van der Waals surface area contributed by atoms with E-state index in [2.05, 4.69) is 22.3 Å². The number of thiocarbonyl (C=S) groups is 1. The highest BCUT2D eigenvalue weighted by atomic mass is 32.1. The Bertz CT molecular complexity index is 192. The summed E-state index contributed by atoms with van der Waals surface area (Å²) in [5, 5.41) is 3.79. The summed E-state index contributed by atoms with van der Waals surface area (Å²) in [5.74, 6) is 0. The van der Waals surface area contributed by atoms with Crippen LogP contribution in [-0.4, -0.2) is 19.8 Å². The minimum absolute atomic E-state index is 0.417. The molecule has 9 heavy (non-hydrogen) atoms. The van der Waals surface area contributed by atoms with Crippen molar-refractivity contribution >= 4 is 17.2 Å². The Morgan fingerprint density at radius 2 is 2.56 bits per heavy atom. The van der Waals surface area contributed by atoms with Gasteiger partial charge in [-0.05, 0) is 0 Å². The predicted octanol–water partition coefficient (Wildman–Crippen LogP) is -0.436. The Morgan fingerprint density at radius 3 is 3.00 bits per heavy atom. The average molecular weight is 142 g/mol. The molecule has 0 radical (unpaired) electrons. The topological polar surface area (TPSA) is 56.7 Å². The zero-order valence-corrected chi connectivity index (χ0v) is 5.51. The first-order chi connectivity index (χ1) is 4.29. The van der Waals surface area contributed by atoms with Crippen LogP contribution in [0.3, 0.4) is 0 Å². The fourth-order valence-electron chi connectivity index (χ4n) is 0.474. The molecule has 1 rings (SSSR count). The van der Waals surface area contributed by atoms with Crippen molar-refractivity contribution in [3.8, 4) is 0 Å². The summed E-state index contributed by atoms with van der Waals surface area (Å²) in [4.78, 5) is 4.13. The number of rotatable bonds is 2. The summed E-state index contributed by atoms with van der Waals surface area (Å²) in [5.41, 5.74) is 5.23. The molecule has 0 aliphatic carbocycles. The fourth-order valence-corrected chi connectivity index (χ4v) is 0.606. The van der Waals surface area contributed by atoms with Gasteiger partial charge in [0.25, 0.3) is 0 Å². The molecule has 0 aromatic carbocycles. The maximum Gasteiger partial charge on any atom is 0.137 e. The molecule has 48 valence electrons. The molecule has 1 aromatic heterocycles. The molecule has 0 amide bonds. The molecule has 0 saturated carbocycles. The second-order valence-electron chi connectivity index (χ2n) is 1.56. The zero-order chi connectivity index (χ0) is 6.69. The van der Waals surface area contributed by atoms with Crippen LogP contribution in [0, 0.1) is 0 Å². The first kappa shape index (κ1) is 6.15. The van der Waals surface area contributed by atoms with Crippen LogP contribution in [0.15, 0.2) is 12.7 Å². The van der Waals surface area contributed by atoms with Gasteiger partial charge in [-0.3, -0.25) is 0 Å². The van der Waals surface area contributed by atoms with Crippen LogP contribution in [0.4, 0.5) is 0 Å². The predicted molar refractivity (Wildman–Crippen MR) is 36.8 cm³/mol. The zero-order valence-electron chi connectivity index (χ0n) is 4.69. The van der Waals surface area contributed by atoms with E-state index in [0.717, 1.165) is 0 Å². The van der Waals surface area contributed by atoms with Crippen LogP contribution in [0.1, 0.15) is 0 Å². The maximum atomic E-state index is 5.23. The summed E-state index contributed by atoms with van der Waals surface area (Å²) in [7, 11) is 0. The molecule has 0 spiro atoms. The smallest absolute Gasteiger partial charge is 0.137 e. The Hall–Kier alpha value is -0.970. The third-order valence-corrected chi connectivity index (χ3v) is 0.914. The van der Waals surface area contributed by atoms with Gasteiger partial charge in [0, 0.05) is 0 Å². The van der Waals surface area contributed by atoms with Gasteiger partial charge in [-0.25, -0.2) is 9.67 Å². The molecule has 1 aromatic rings. The number of hydrogen-bond donors (Lipinski definition) is 1. The SMILES string of the molecule is NC(=S)Cn1cncn1. The molecule has 1 heterocycles. The second-order valence-corrected chi connectivity index (χ2v) is 2.08. The molecular formula is C4H6N4S. The molecule has 2 N–H and O–H groups in total. The average Bonchev–Trinajstić information content (AvgIpc) is 2.15. The third kappa shape index (κ3) is 1.77. The Kier molecular flexibility index (Phi) is 1.74. The second kappa shape index (κ2) is 2.54. The highest BCUT2D eigenvalue weighted by molar-refractivity contribution is 7.80. The molecule has 0 saturated heterocycles. The van der Waals surface area contributed by atoms with Gasteiger partial charge in [0.05, 0.1) is 11.5 Å². The van der Waals surface area contributed by atoms with Gasteiger partial charge in [0.1, 0.15) is 12.7 Å². The maximum absolute atomic E-state index is 5.23. The van der Waals surface area contributed by atoms with Crippen molar-refractivity contribution in [1.29, 1.82) is 0 Å². The first-order valence-corrected chi connectivity index (χ1v) is 2.80. The monoisotopic (exact) mass is 142 g/mol. The minimum atomic E-state index is 0.417. The lowest BCUT2D eigenvalue weighted by atomic mass is 10.7. The van der Waals surface area contributed by atoms with Gasteiger partial charge in [-0.2, -0.15) is 5.10 Å². The van der Waals surface area contributed by atoms with Crippen molar-refractivity contribution in [3.63, 3.8) is 0 Å². The number of nitrogens with zero attached hydrogens (tertiary/aromatic N) is 3. The number of nitrogens with two attached hydrogens (primary N) is 1. The fraction of sp³-hybridized carbons (Fsp3) is 0.250. The van der Waals surface area contributed by atoms with Crippen LogP contribution >= 0.6 is 12.2 Å². The minimum Gasteiger partial charge on any atom is -0.392 e. The van der Waals surface area contributed by atoms with E-state index in [-0.39, 0.29) is 0 Å². The number of hydrogen-bond acceptors (Lipinski definition) is 3. The van der Waals surface area contributed by atoms with Crippen molar-refractivity contribution in [3.05, 3.63) is 12.7 Å². The number of aromatic nitrogens is 3. The molecule has 0 bridgehead atoms. The Balaban J connectivity index is 2.58. The molecule has 0 fully saturated rings. The van der Waals surface area contributed by atoms with Gasteiger partial charge >= 0.3 is 0 Å². The van der Waals surface area contributed by atoms with E-state index in [4.69, 9.17) is 5.73 Å². The highest BCUT2D eigenvalue weighted by Crippen LogP contribution is 1.78. The Labute approximate surface area is 57.7 Å². The first-order valence-electron chi connectivity index (χ1n) is 2.40. The lowest BCUT2D eigenvalue weighted by Gasteiger charge is -1.93. The van der Waals surface area contributed by atoms with Crippen molar-refractivity contribution in [1.82, 2.24) is 14.8 Å². The highest BCUT2D eigenvalue weighted by Gasteiger charge is 1.90. The van der Waals surface area contributed by atoms with Crippen LogP contribution in [-0.2, 0) is 6.54 Å². The van der Waals surface area contributed by atoms with Gasteiger partial charge in [0.15, 0.2) is 0 Å². The van der Waals surface area contributed by atoms with Gasteiger partial charge in [-0.1, -0.05) is 12.2 Å². The van der Waals surface area contributed by atoms with Crippen LogP contribution in [0.25, 0.3) is 0 Å². The van der Waals surface area contributed by atoms with E-state index in [1.165, 1.54) is 6.33 Å². The summed E-state index contributed by atoms with van der Waals surface area (Å²) in [6.07, 6.45) is 3.01. The van der Waals surface area contributed by atoms with Crippen molar-refractivity contribution in [2.24, 2.45) is 5.73 Å². The normalized spacial score (nSPS) is 9.33. The van der Waals surface area contributed by atoms with Gasteiger partial charge in [0.2, 0.25) is 0 Å². The van der Waals surface area contributed by atoms with E-state index in [1.807, 2.05) is 0 Å². The molecule has 4 nitrogen and oxygen atoms in total. The lowest BCUT2D eigenvalue weighted by Crippen LogP contribution is -2.16. The van der Waals surface area contributed by atoms with E-state index in [9.17, 15) is 0 Å². The van der Waals surface area contributed by atoms with E-state index >= 15 is 0 Å². The van der Waals surface area contributed by atoms with Crippen molar-refractivity contribution in [2.75, 3.05) is 0 Å². The molecule has 5 heteroatoms. The van der Waals surface area contributed by atoms with Gasteiger partial charge < -0.3 is 5.73 Å². The standard InChI is InChI=1S/C4H6N4S/c5-4(9)1-8-3-6-2-7-8/h2-3H,1H2,(H2,5,9). The Morgan fingerprint density at radius 1 is 1.78 bits per heavy atom. The van der Waals surface area contributed by atoms with E-state index in [0.29, 0.717) is 11.5 Å². The summed E-state index contributed by atoms with van der Waals surface area (Å²) in [6.45, 7) is 0.468. The third-order valence-electron chi connectivity index (χ3n) is 0.784. The van der Waals surface area contributed by atoms with E-state index < -0.39 is 0 Å². The summed E-state index contributed by atoms with van der Waals surface area (Å²) in [6, 6.07) is 0. The lowest BCUT2D eigenvalue weighted by molar-refractivity contribution is 0.724. The van der Waals surface area contributed by atoms with Crippen molar-refractivity contribution in [2.45, 2.75) is 6.54 Å². The van der Waals surface area contributed by atoms with Crippen LogP contribution < -0.4 is 5.73 Å². The summed E-state index contributed by atoms with van der Waals surface area (Å²) < 4.78 is 1.57. The van der Waals surface area contributed by atoms with Gasteiger partial charge in [-0.15, -0.1) is 0 Å². The molecule has 0 atom stereocenters. The van der Waals surface area contributed by atoms with E-state index in [1.54, 1.807) is 11.0 Å². The molecular weight excluding hydrogens is 136 g/mol. The largest absolute Gasteiger partial charge is 0.392 e. The molecule has 0 aliphatic heterocycles. The molecule has 0 aliphatic rings.